The van der Waals surface area contributed by atoms with Crippen LogP contribution in [0.1, 0.15) is 36.8 Å². The summed E-state index contributed by atoms with van der Waals surface area (Å²) in [6, 6.07) is 5.01. The van der Waals surface area contributed by atoms with Gasteiger partial charge in [0.25, 0.3) is 0 Å². The van der Waals surface area contributed by atoms with Gasteiger partial charge in [-0.25, -0.2) is 0 Å². The van der Waals surface area contributed by atoms with Crippen LogP contribution in [0.15, 0.2) is 12.1 Å². The van der Waals surface area contributed by atoms with E-state index < -0.39 is 0 Å². The van der Waals surface area contributed by atoms with E-state index in [1.807, 2.05) is 0 Å². The number of ether oxygens (including phenoxy) is 1. The van der Waals surface area contributed by atoms with E-state index in [0.29, 0.717) is 6.04 Å². The van der Waals surface area contributed by atoms with Crippen molar-refractivity contribution in [3.05, 3.63) is 23.3 Å². The first kappa shape index (κ1) is 14.2. The largest absolute Gasteiger partial charge is 0.494 e. The van der Waals surface area contributed by atoms with E-state index in [4.69, 9.17) is 4.74 Å². The summed E-state index contributed by atoms with van der Waals surface area (Å²) in [6.45, 7) is 6.40. The Morgan fingerprint density at radius 3 is 2.84 bits per heavy atom. The predicted octanol–water partition coefficient (Wildman–Crippen LogP) is 3.26. The average Bonchev–Trinajstić information content (AvgIpc) is 2.39. The Hall–Kier alpha value is -1.22. The summed E-state index contributed by atoms with van der Waals surface area (Å²) >= 11 is 0. The zero-order chi connectivity index (χ0) is 13.7. The highest BCUT2D eigenvalue weighted by Gasteiger charge is 2.12. The topological polar surface area (TPSA) is 33.3 Å². The fourth-order valence-corrected chi connectivity index (χ4v) is 2.91. The smallest absolute Gasteiger partial charge is 0.144 e. The summed E-state index contributed by atoms with van der Waals surface area (Å²) in [5.74, 6) is 0.974. The van der Waals surface area contributed by atoms with Crippen molar-refractivity contribution in [1.82, 2.24) is 5.32 Å². The fourth-order valence-electron chi connectivity index (χ4n) is 2.91. The second kappa shape index (κ2) is 6.80. The maximum Gasteiger partial charge on any atom is 0.144 e. The number of anilines is 1. The number of aryl methyl sites for hydroxylation is 2. The molecule has 1 unspecified atom stereocenters. The van der Waals surface area contributed by atoms with Crippen molar-refractivity contribution in [2.45, 2.75) is 45.6 Å². The van der Waals surface area contributed by atoms with Crippen molar-refractivity contribution in [3.63, 3.8) is 0 Å². The van der Waals surface area contributed by atoms with Gasteiger partial charge in [0.1, 0.15) is 5.75 Å². The number of benzene rings is 1. The van der Waals surface area contributed by atoms with E-state index >= 15 is 0 Å². The van der Waals surface area contributed by atoms with E-state index in [0.717, 1.165) is 18.0 Å². The van der Waals surface area contributed by atoms with E-state index in [1.165, 1.54) is 43.4 Å². The Morgan fingerprint density at radius 1 is 1.32 bits per heavy atom. The molecule has 0 aliphatic carbocycles. The van der Waals surface area contributed by atoms with E-state index in [9.17, 15) is 0 Å². The number of methoxy groups -OCH3 is 1. The Morgan fingerprint density at radius 2 is 2.16 bits per heavy atom. The first-order valence-corrected chi connectivity index (χ1v) is 7.33. The monoisotopic (exact) mass is 262 g/mol. The summed E-state index contributed by atoms with van der Waals surface area (Å²) in [6.07, 6.45) is 5.18. The van der Waals surface area contributed by atoms with Gasteiger partial charge >= 0.3 is 0 Å². The molecule has 1 aromatic carbocycles. The van der Waals surface area contributed by atoms with Gasteiger partial charge in [-0.3, -0.25) is 0 Å². The minimum Gasteiger partial charge on any atom is -0.494 e. The quantitative estimate of drug-likeness (QED) is 0.854. The molecule has 0 aromatic heterocycles. The molecule has 1 aliphatic rings. The van der Waals surface area contributed by atoms with Crippen molar-refractivity contribution < 1.29 is 4.74 Å². The minimum atomic E-state index is 0.679. The van der Waals surface area contributed by atoms with Crippen LogP contribution in [-0.4, -0.2) is 26.2 Å². The summed E-state index contributed by atoms with van der Waals surface area (Å²) in [7, 11) is 1.74. The lowest BCUT2D eigenvalue weighted by Crippen LogP contribution is -2.35. The summed E-state index contributed by atoms with van der Waals surface area (Å²) in [5, 5.41) is 7.11. The van der Waals surface area contributed by atoms with Crippen LogP contribution >= 0.6 is 0 Å². The maximum atomic E-state index is 5.50. The lowest BCUT2D eigenvalue weighted by Gasteiger charge is -2.24. The molecule has 3 nitrogen and oxygen atoms in total. The molecule has 1 fully saturated rings. The highest BCUT2D eigenvalue weighted by atomic mass is 16.5. The molecule has 106 valence electrons. The maximum absolute atomic E-state index is 5.50. The van der Waals surface area contributed by atoms with Crippen molar-refractivity contribution in [2.24, 2.45) is 0 Å². The number of hydrogen-bond acceptors (Lipinski definition) is 3. The van der Waals surface area contributed by atoms with Gasteiger partial charge in [0.05, 0.1) is 12.8 Å². The molecule has 1 aromatic rings. The SMILES string of the molecule is COc1c(C)cc(C)cc1NCCC1CCCCN1. The Balaban J connectivity index is 1.91. The van der Waals surface area contributed by atoms with E-state index in [2.05, 4.69) is 36.6 Å². The molecule has 0 spiro atoms. The molecule has 1 saturated heterocycles. The summed E-state index contributed by atoms with van der Waals surface area (Å²) in [4.78, 5) is 0. The molecule has 2 rings (SSSR count). The number of rotatable bonds is 5. The molecular weight excluding hydrogens is 236 g/mol. The van der Waals surface area contributed by atoms with Crippen molar-refractivity contribution >= 4 is 5.69 Å². The van der Waals surface area contributed by atoms with Crippen LogP contribution in [0, 0.1) is 13.8 Å². The van der Waals surface area contributed by atoms with Gasteiger partial charge in [-0.1, -0.05) is 12.5 Å². The second-order valence-corrected chi connectivity index (χ2v) is 5.52. The third-order valence-corrected chi connectivity index (χ3v) is 3.84. The average molecular weight is 262 g/mol. The minimum absolute atomic E-state index is 0.679. The summed E-state index contributed by atoms with van der Waals surface area (Å²) < 4.78 is 5.50. The van der Waals surface area contributed by atoms with Crippen LogP contribution in [0.5, 0.6) is 5.75 Å². The van der Waals surface area contributed by atoms with Gasteiger partial charge in [-0.05, 0) is 56.8 Å². The molecule has 0 amide bonds. The standard InChI is InChI=1S/C16H26N2O/c1-12-10-13(2)16(19-3)15(11-12)18-9-7-14-6-4-5-8-17-14/h10-11,14,17-18H,4-9H2,1-3H3. The predicted molar refractivity (Wildman–Crippen MR) is 81.2 cm³/mol. The van der Waals surface area contributed by atoms with Gasteiger partial charge in [0, 0.05) is 12.6 Å². The lowest BCUT2D eigenvalue weighted by atomic mass is 10.0. The lowest BCUT2D eigenvalue weighted by molar-refractivity contribution is 0.388. The van der Waals surface area contributed by atoms with Crippen LogP contribution < -0.4 is 15.4 Å². The van der Waals surface area contributed by atoms with Gasteiger partial charge < -0.3 is 15.4 Å². The highest BCUT2D eigenvalue weighted by molar-refractivity contribution is 5.61. The van der Waals surface area contributed by atoms with Crippen LogP contribution in [0.3, 0.4) is 0 Å². The number of piperidine rings is 1. The molecule has 2 N–H and O–H groups in total. The first-order valence-electron chi connectivity index (χ1n) is 7.33. The van der Waals surface area contributed by atoms with Crippen LogP contribution in [-0.2, 0) is 0 Å². The molecule has 1 atom stereocenters. The van der Waals surface area contributed by atoms with Crippen molar-refractivity contribution in [2.75, 3.05) is 25.5 Å². The zero-order valence-corrected chi connectivity index (χ0v) is 12.4. The number of hydrogen-bond donors (Lipinski definition) is 2. The fraction of sp³-hybridized carbons (Fsp3) is 0.625. The zero-order valence-electron chi connectivity index (χ0n) is 12.4. The molecule has 0 bridgehead atoms. The third kappa shape index (κ3) is 3.87. The van der Waals surface area contributed by atoms with E-state index in [1.54, 1.807) is 7.11 Å². The van der Waals surface area contributed by atoms with Crippen molar-refractivity contribution in [1.29, 1.82) is 0 Å². The van der Waals surface area contributed by atoms with Crippen LogP contribution in [0.4, 0.5) is 5.69 Å². The molecule has 1 aliphatic heterocycles. The van der Waals surface area contributed by atoms with Crippen LogP contribution in [0.25, 0.3) is 0 Å². The highest BCUT2D eigenvalue weighted by Crippen LogP contribution is 2.29. The Kier molecular flexibility index (Phi) is 5.08. The van der Waals surface area contributed by atoms with Gasteiger partial charge in [-0.15, -0.1) is 0 Å². The Bertz CT molecular complexity index is 411. The Labute approximate surface area is 116 Å². The van der Waals surface area contributed by atoms with Crippen molar-refractivity contribution in [3.8, 4) is 5.75 Å². The molecule has 0 saturated carbocycles. The summed E-state index contributed by atoms with van der Waals surface area (Å²) in [5.41, 5.74) is 3.59. The molecular formula is C16H26N2O. The second-order valence-electron chi connectivity index (χ2n) is 5.52. The van der Waals surface area contributed by atoms with Gasteiger partial charge in [0.2, 0.25) is 0 Å². The molecule has 19 heavy (non-hydrogen) atoms. The normalized spacial score (nSPS) is 19.2. The molecule has 3 heteroatoms. The third-order valence-electron chi connectivity index (χ3n) is 3.84. The van der Waals surface area contributed by atoms with Gasteiger partial charge in [0.15, 0.2) is 0 Å². The molecule has 0 radical (unpaired) electrons. The first-order chi connectivity index (χ1) is 9.20. The van der Waals surface area contributed by atoms with Gasteiger partial charge in [-0.2, -0.15) is 0 Å². The number of nitrogens with one attached hydrogen (secondary N) is 2. The molecule has 1 heterocycles. The van der Waals surface area contributed by atoms with E-state index in [-0.39, 0.29) is 0 Å². The van der Waals surface area contributed by atoms with Crippen LogP contribution in [0.2, 0.25) is 0 Å².